The molecule has 92 valence electrons. The minimum absolute atomic E-state index is 0.979. The van der Waals surface area contributed by atoms with Crippen LogP contribution in [0.15, 0.2) is 53.6 Å². The van der Waals surface area contributed by atoms with E-state index >= 15 is 0 Å². The van der Waals surface area contributed by atoms with E-state index < -0.39 is 0 Å². The number of hydrogen-bond acceptors (Lipinski definition) is 2. The van der Waals surface area contributed by atoms with Crippen molar-refractivity contribution in [2.75, 3.05) is 5.43 Å². The van der Waals surface area contributed by atoms with E-state index in [0.29, 0.717) is 0 Å². The molecule has 0 unspecified atom stereocenters. The summed E-state index contributed by atoms with van der Waals surface area (Å²) >= 11 is 2.33. The molecule has 0 saturated heterocycles. The van der Waals surface area contributed by atoms with Crippen LogP contribution in [0.4, 0.5) is 5.69 Å². The maximum Gasteiger partial charge on any atom is 0.0648 e. The summed E-state index contributed by atoms with van der Waals surface area (Å²) in [5, 5.41) is 4.40. The van der Waals surface area contributed by atoms with Gasteiger partial charge in [0, 0.05) is 3.57 Å². The number of halogens is 1. The van der Waals surface area contributed by atoms with Gasteiger partial charge < -0.3 is 0 Å². The Hall–Kier alpha value is -1.36. The van der Waals surface area contributed by atoms with E-state index in [2.05, 4.69) is 64.3 Å². The molecule has 0 aliphatic carbocycles. The van der Waals surface area contributed by atoms with Crippen molar-refractivity contribution in [2.24, 2.45) is 5.10 Å². The van der Waals surface area contributed by atoms with E-state index in [0.717, 1.165) is 17.0 Å². The molecule has 0 heterocycles. The number of benzene rings is 2. The Balaban J connectivity index is 2.13. The molecule has 1 N–H and O–H groups in total. The van der Waals surface area contributed by atoms with Gasteiger partial charge in [-0.1, -0.05) is 30.3 Å². The van der Waals surface area contributed by atoms with Gasteiger partial charge in [-0.15, -0.1) is 0 Å². The molecule has 0 saturated carbocycles. The molecule has 0 aromatic heterocycles. The van der Waals surface area contributed by atoms with Crippen LogP contribution in [0.3, 0.4) is 0 Å². The number of hydrazone groups is 1. The summed E-state index contributed by atoms with van der Waals surface area (Å²) in [7, 11) is 0. The number of nitrogens with zero attached hydrogens (tertiary/aromatic N) is 1. The Morgan fingerprint density at radius 1 is 1.11 bits per heavy atom. The highest BCUT2D eigenvalue weighted by molar-refractivity contribution is 14.1. The van der Waals surface area contributed by atoms with Crippen molar-refractivity contribution >= 4 is 34.0 Å². The maximum atomic E-state index is 4.40. The van der Waals surface area contributed by atoms with Gasteiger partial charge in [0.1, 0.15) is 0 Å². The Bertz CT molecular complexity index is 562. The third-order valence-corrected chi connectivity index (χ3v) is 3.91. The van der Waals surface area contributed by atoms with Crippen molar-refractivity contribution in [3.05, 3.63) is 63.2 Å². The summed E-state index contributed by atoms with van der Waals surface area (Å²) in [6, 6.07) is 16.4. The van der Waals surface area contributed by atoms with Crippen LogP contribution in [-0.4, -0.2) is 5.71 Å². The molecule has 0 bridgehead atoms. The van der Waals surface area contributed by atoms with Crippen LogP contribution in [0.5, 0.6) is 0 Å². The average molecular weight is 350 g/mol. The van der Waals surface area contributed by atoms with Gasteiger partial charge in [-0.05, 0) is 65.8 Å². The average Bonchev–Trinajstić information content (AvgIpc) is 2.41. The van der Waals surface area contributed by atoms with Crippen LogP contribution in [0.25, 0.3) is 0 Å². The van der Waals surface area contributed by atoms with E-state index in [1.54, 1.807) is 0 Å². The molecule has 0 fully saturated rings. The molecular weight excluding hydrogens is 335 g/mol. The summed E-state index contributed by atoms with van der Waals surface area (Å²) in [6.07, 6.45) is 0. The first-order valence-corrected chi connectivity index (χ1v) is 6.86. The lowest BCUT2D eigenvalue weighted by Crippen LogP contribution is -1.99. The van der Waals surface area contributed by atoms with E-state index in [9.17, 15) is 0 Å². The standard InChI is InChI=1S/C15H15IN2/c1-11-10-14(8-9-15(11)16)18-17-12(2)13-6-4-3-5-7-13/h3-10,18H,1-2H3/b17-12+. The minimum Gasteiger partial charge on any atom is -0.278 e. The van der Waals surface area contributed by atoms with E-state index in [1.165, 1.54) is 9.13 Å². The molecule has 0 amide bonds. The lowest BCUT2D eigenvalue weighted by Gasteiger charge is -2.05. The molecule has 0 radical (unpaired) electrons. The molecule has 2 nitrogen and oxygen atoms in total. The van der Waals surface area contributed by atoms with Gasteiger partial charge in [0.25, 0.3) is 0 Å². The van der Waals surface area contributed by atoms with Gasteiger partial charge in [0.05, 0.1) is 11.4 Å². The quantitative estimate of drug-likeness (QED) is 0.494. The molecule has 3 heteroatoms. The summed E-state index contributed by atoms with van der Waals surface area (Å²) in [5.41, 5.74) is 7.48. The Morgan fingerprint density at radius 2 is 1.83 bits per heavy atom. The highest BCUT2D eigenvalue weighted by atomic mass is 127. The summed E-state index contributed by atoms with van der Waals surface area (Å²) in [5.74, 6) is 0. The van der Waals surface area contributed by atoms with Crippen LogP contribution in [0, 0.1) is 10.5 Å². The molecular formula is C15H15IN2. The molecule has 2 aromatic rings. The van der Waals surface area contributed by atoms with E-state index in [1.807, 2.05) is 31.2 Å². The number of rotatable bonds is 3. The molecule has 0 atom stereocenters. The Morgan fingerprint density at radius 3 is 2.50 bits per heavy atom. The van der Waals surface area contributed by atoms with Crippen molar-refractivity contribution in [3.63, 3.8) is 0 Å². The number of aryl methyl sites for hydroxylation is 1. The van der Waals surface area contributed by atoms with Crippen molar-refractivity contribution in [1.29, 1.82) is 0 Å². The lowest BCUT2D eigenvalue weighted by atomic mass is 10.1. The third-order valence-electron chi connectivity index (χ3n) is 2.70. The normalized spacial score (nSPS) is 11.4. The fourth-order valence-corrected chi connectivity index (χ4v) is 1.94. The molecule has 2 aromatic carbocycles. The summed E-state index contributed by atoms with van der Waals surface area (Å²) < 4.78 is 1.27. The fraction of sp³-hybridized carbons (Fsp3) is 0.133. The highest BCUT2D eigenvalue weighted by Crippen LogP contribution is 2.16. The van der Waals surface area contributed by atoms with Crippen LogP contribution < -0.4 is 5.43 Å². The van der Waals surface area contributed by atoms with Crippen molar-refractivity contribution in [2.45, 2.75) is 13.8 Å². The monoisotopic (exact) mass is 350 g/mol. The smallest absolute Gasteiger partial charge is 0.0648 e. The first-order chi connectivity index (χ1) is 8.66. The van der Waals surface area contributed by atoms with Crippen LogP contribution in [0.2, 0.25) is 0 Å². The molecule has 18 heavy (non-hydrogen) atoms. The SMILES string of the molecule is C/C(=N\Nc1ccc(I)c(C)c1)c1ccccc1. The second-order valence-corrected chi connectivity index (χ2v) is 5.30. The zero-order valence-corrected chi connectivity index (χ0v) is 12.6. The van der Waals surface area contributed by atoms with E-state index in [4.69, 9.17) is 0 Å². The molecule has 0 spiro atoms. The lowest BCUT2D eigenvalue weighted by molar-refractivity contribution is 1.30. The van der Waals surface area contributed by atoms with Gasteiger partial charge in [0.2, 0.25) is 0 Å². The first kappa shape index (κ1) is 13.1. The zero-order chi connectivity index (χ0) is 13.0. The number of hydrogen-bond donors (Lipinski definition) is 1. The largest absolute Gasteiger partial charge is 0.278 e. The number of nitrogens with one attached hydrogen (secondary N) is 1. The van der Waals surface area contributed by atoms with Crippen LogP contribution in [0.1, 0.15) is 18.1 Å². The topological polar surface area (TPSA) is 24.4 Å². The highest BCUT2D eigenvalue weighted by Gasteiger charge is 1.98. The summed E-state index contributed by atoms with van der Waals surface area (Å²) in [6.45, 7) is 4.10. The van der Waals surface area contributed by atoms with Gasteiger partial charge in [-0.2, -0.15) is 5.10 Å². The second kappa shape index (κ2) is 6.00. The van der Waals surface area contributed by atoms with E-state index in [-0.39, 0.29) is 0 Å². The van der Waals surface area contributed by atoms with Gasteiger partial charge >= 0.3 is 0 Å². The van der Waals surface area contributed by atoms with Crippen LogP contribution >= 0.6 is 22.6 Å². The van der Waals surface area contributed by atoms with Crippen molar-refractivity contribution in [3.8, 4) is 0 Å². The maximum absolute atomic E-state index is 4.40. The first-order valence-electron chi connectivity index (χ1n) is 5.78. The molecule has 0 aliphatic rings. The molecule has 2 rings (SSSR count). The number of anilines is 1. The van der Waals surface area contributed by atoms with Gasteiger partial charge in [-0.25, -0.2) is 0 Å². The Kier molecular flexibility index (Phi) is 4.36. The van der Waals surface area contributed by atoms with Crippen molar-refractivity contribution in [1.82, 2.24) is 0 Å². The summed E-state index contributed by atoms with van der Waals surface area (Å²) in [4.78, 5) is 0. The Labute approximate surface area is 121 Å². The van der Waals surface area contributed by atoms with Crippen molar-refractivity contribution < 1.29 is 0 Å². The van der Waals surface area contributed by atoms with Gasteiger partial charge in [-0.3, -0.25) is 5.43 Å². The van der Waals surface area contributed by atoms with Gasteiger partial charge in [0.15, 0.2) is 0 Å². The van der Waals surface area contributed by atoms with Crippen LogP contribution in [-0.2, 0) is 0 Å². The second-order valence-electron chi connectivity index (χ2n) is 4.14. The zero-order valence-electron chi connectivity index (χ0n) is 10.4. The fourth-order valence-electron chi connectivity index (χ4n) is 1.61. The predicted octanol–water partition coefficient (Wildman–Crippen LogP) is 4.44. The minimum atomic E-state index is 0.979. The third kappa shape index (κ3) is 3.32. The molecule has 0 aliphatic heterocycles. The predicted molar refractivity (Wildman–Crippen MR) is 86.2 cm³/mol.